The quantitative estimate of drug-likeness (QED) is 0.943. The lowest BCUT2D eigenvalue weighted by molar-refractivity contribution is 0.0924. The molecule has 0 radical (unpaired) electrons. The van der Waals surface area contributed by atoms with Crippen LogP contribution < -0.4 is 5.32 Å². The predicted molar refractivity (Wildman–Crippen MR) is 81.5 cm³/mol. The number of carbonyl (C=O) groups excluding carboxylic acids is 1. The Bertz CT molecular complexity index is 543. The Labute approximate surface area is 124 Å². The van der Waals surface area contributed by atoms with E-state index in [0.717, 1.165) is 30.6 Å². The number of furan rings is 1. The molecule has 2 heterocycles. The molecule has 5 heteroatoms. The monoisotopic (exact) mass is 294 g/mol. The largest absolute Gasteiger partial charge is 0.451 e. The van der Waals surface area contributed by atoms with E-state index in [4.69, 9.17) is 4.42 Å². The van der Waals surface area contributed by atoms with Gasteiger partial charge in [-0.15, -0.1) is 12.4 Å². The van der Waals surface area contributed by atoms with Gasteiger partial charge in [-0.05, 0) is 38.1 Å². The van der Waals surface area contributed by atoms with Gasteiger partial charge in [0, 0.05) is 18.5 Å². The van der Waals surface area contributed by atoms with Crippen molar-refractivity contribution < 1.29 is 9.21 Å². The van der Waals surface area contributed by atoms with Crippen molar-refractivity contribution in [2.24, 2.45) is 0 Å². The van der Waals surface area contributed by atoms with Crippen LogP contribution in [0.15, 0.2) is 34.7 Å². The zero-order valence-corrected chi connectivity index (χ0v) is 12.1. The highest BCUT2D eigenvalue weighted by molar-refractivity contribution is 5.96. The molecular weight excluding hydrogens is 276 g/mol. The fraction of sp³-hybridized carbons (Fsp3) is 0.400. The Kier molecular flexibility index (Phi) is 5.04. The van der Waals surface area contributed by atoms with E-state index >= 15 is 0 Å². The summed E-state index contributed by atoms with van der Waals surface area (Å²) in [5.74, 6) is 0.262. The predicted octanol–water partition coefficient (Wildman–Crippen LogP) is 2.68. The number of rotatable bonds is 4. The van der Waals surface area contributed by atoms with Crippen LogP contribution in [0.4, 0.5) is 0 Å². The fourth-order valence-electron chi connectivity index (χ4n) is 2.51. The molecule has 0 aliphatic carbocycles. The minimum absolute atomic E-state index is 0. The third-order valence-electron chi connectivity index (χ3n) is 3.56. The number of benzene rings is 1. The molecule has 1 N–H and O–H groups in total. The maximum atomic E-state index is 12.0. The van der Waals surface area contributed by atoms with Gasteiger partial charge in [-0.3, -0.25) is 4.79 Å². The Morgan fingerprint density at radius 1 is 1.25 bits per heavy atom. The first kappa shape index (κ1) is 14.9. The van der Waals surface area contributed by atoms with Gasteiger partial charge in [0.05, 0.1) is 0 Å². The lowest BCUT2D eigenvalue weighted by Gasteiger charge is -2.14. The summed E-state index contributed by atoms with van der Waals surface area (Å²) in [4.78, 5) is 14.3. The lowest BCUT2D eigenvalue weighted by atomic mass is 10.2. The van der Waals surface area contributed by atoms with Crippen molar-refractivity contribution in [1.29, 1.82) is 0 Å². The molecule has 1 aliphatic heterocycles. The molecule has 1 saturated heterocycles. The number of hydrogen-bond donors (Lipinski definition) is 1. The van der Waals surface area contributed by atoms with E-state index in [1.54, 1.807) is 6.07 Å². The normalized spacial score (nSPS) is 15.2. The van der Waals surface area contributed by atoms with E-state index in [0.29, 0.717) is 12.3 Å². The first-order valence-electron chi connectivity index (χ1n) is 6.82. The van der Waals surface area contributed by atoms with Crippen molar-refractivity contribution in [3.05, 3.63) is 36.1 Å². The van der Waals surface area contributed by atoms with Gasteiger partial charge in [0.15, 0.2) is 5.76 Å². The number of para-hydroxylation sites is 1. The number of amides is 1. The summed E-state index contributed by atoms with van der Waals surface area (Å²) in [5, 5.41) is 3.88. The van der Waals surface area contributed by atoms with E-state index in [1.807, 2.05) is 24.3 Å². The molecule has 1 aromatic carbocycles. The van der Waals surface area contributed by atoms with Crippen LogP contribution >= 0.6 is 12.4 Å². The highest BCUT2D eigenvalue weighted by Gasteiger charge is 2.14. The zero-order valence-electron chi connectivity index (χ0n) is 11.3. The maximum absolute atomic E-state index is 12.0. The smallest absolute Gasteiger partial charge is 0.287 e. The number of carbonyl (C=O) groups is 1. The minimum Gasteiger partial charge on any atom is -0.451 e. The van der Waals surface area contributed by atoms with Crippen LogP contribution in [-0.2, 0) is 0 Å². The second-order valence-corrected chi connectivity index (χ2v) is 4.95. The average molecular weight is 295 g/mol. The molecule has 1 aromatic heterocycles. The fourth-order valence-corrected chi connectivity index (χ4v) is 2.51. The minimum atomic E-state index is -0.129. The molecule has 0 saturated carbocycles. The highest BCUT2D eigenvalue weighted by Crippen LogP contribution is 2.18. The first-order chi connectivity index (χ1) is 9.33. The van der Waals surface area contributed by atoms with Crippen molar-refractivity contribution in [2.45, 2.75) is 12.8 Å². The van der Waals surface area contributed by atoms with Crippen molar-refractivity contribution in [3.63, 3.8) is 0 Å². The molecule has 1 amide bonds. The standard InChI is InChI=1S/C15H18N2O2.ClH/c18-15(16-7-10-17-8-3-4-9-17)14-11-12-5-1-2-6-13(12)19-14;/h1-2,5-6,11H,3-4,7-10H2,(H,16,18);1H. The van der Waals surface area contributed by atoms with Crippen LogP contribution in [0.1, 0.15) is 23.4 Å². The Morgan fingerprint density at radius 3 is 2.75 bits per heavy atom. The molecule has 108 valence electrons. The number of fused-ring (bicyclic) bond motifs is 1. The molecule has 2 aromatic rings. The molecule has 0 atom stereocenters. The van der Waals surface area contributed by atoms with Crippen molar-refractivity contribution in [1.82, 2.24) is 10.2 Å². The van der Waals surface area contributed by atoms with Crippen molar-refractivity contribution in [3.8, 4) is 0 Å². The summed E-state index contributed by atoms with van der Waals surface area (Å²) in [6.45, 7) is 3.91. The molecule has 20 heavy (non-hydrogen) atoms. The van der Waals surface area contributed by atoms with Crippen molar-refractivity contribution >= 4 is 29.3 Å². The lowest BCUT2D eigenvalue weighted by Crippen LogP contribution is -2.33. The molecule has 3 rings (SSSR count). The molecule has 1 aliphatic rings. The van der Waals surface area contributed by atoms with E-state index < -0.39 is 0 Å². The summed E-state index contributed by atoms with van der Waals surface area (Å²) in [6, 6.07) is 9.45. The summed E-state index contributed by atoms with van der Waals surface area (Å²) in [5.41, 5.74) is 0.757. The van der Waals surface area contributed by atoms with E-state index in [-0.39, 0.29) is 18.3 Å². The second-order valence-electron chi connectivity index (χ2n) is 4.95. The molecule has 1 fully saturated rings. The number of nitrogens with one attached hydrogen (secondary N) is 1. The van der Waals surface area contributed by atoms with Crippen LogP contribution in [0.5, 0.6) is 0 Å². The first-order valence-corrected chi connectivity index (χ1v) is 6.82. The second kappa shape index (κ2) is 6.77. The Balaban J connectivity index is 0.00000147. The number of likely N-dealkylation sites (tertiary alicyclic amines) is 1. The van der Waals surface area contributed by atoms with Crippen LogP contribution in [0.25, 0.3) is 11.0 Å². The van der Waals surface area contributed by atoms with Gasteiger partial charge in [0.1, 0.15) is 5.58 Å². The Hall–Kier alpha value is -1.52. The molecular formula is C15H19ClN2O2. The number of nitrogens with zero attached hydrogens (tertiary/aromatic N) is 1. The van der Waals surface area contributed by atoms with Crippen LogP contribution in [0.2, 0.25) is 0 Å². The third kappa shape index (κ3) is 3.32. The van der Waals surface area contributed by atoms with Gasteiger partial charge in [-0.1, -0.05) is 18.2 Å². The van der Waals surface area contributed by atoms with Crippen LogP contribution in [0, 0.1) is 0 Å². The van der Waals surface area contributed by atoms with Crippen LogP contribution in [0.3, 0.4) is 0 Å². The zero-order chi connectivity index (χ0) is 13.1. The maximum Gasteiger partial charge on any atom is 0.287 e. The topological polar surface area (TPSA) is 45.5 Å². The van der Waals surface area contributed by atoms with Crippen LogP contribution in [-0.4, -0.2) is 37.0 Å². The average Bonchev–Trinajstić information content (AvgIpc) is 3.07. The summed E-state index contributed by atoms with van der Waals surface area (Å²) in [7, 11) is 0. The summed E-state index contributed by atoms with van der Waals surface area (Å²) in [6.07, 6.45) is 2.55. The van der Waals surface area contributed by atoms with Crippen molar-refractivity contribution in [2.75, 3.05) is 26.2 Å². The van der Waals surface area contributed by atoms with Gasteiger partial charge in [0.2, 0.25) is 0 Å². The van der Waals surface area contributed by atoms with Gasteiger partial charge in [-0.2, -0.15) is 0 Å². The molecule has 0 bridgehead atoms. The summed E-state index contributed by atoms with van der Waals surface area (Å²) >= 11 is 0. The van der Waals surface area contributed by atoms with Gasteiger partial charge in [0.25, 0.3) is 5.91 Å². The Morgan fingerprint density at radius 2 is 2.00 bits per heavy atom. The highest BCUT2D eigenvalue weighted by atomic mass is 35.5. The SMILES string of the molecule is Cl.O=C(NCCN1CCCC1)c1cc2ccccc2o1. The van der Waals surface area contributed by atoms with Gasteiger partial charge >= 0.3 is 0 Å². The summed E-state index contributed by atoms with van der Waals surface area (Å²) < 4.78 is 5.53. The molecule has 0 spiro atoms. The van der Waals surface area contributed by atoms with E-state index in [2.05, 4.69) is 10.2 Å². The third-order valence-corrected chi connectivity index (χ3v) is 3.56. The number of halogens is 1. The van der Waals surface area contributed by atoms with E-state index in [1.165, 1.54) is 12.8 Å². The number of hydrogen-bond acceptors (Lipinski definition) is 3. The van der Waals surface area contributed by atoms with E-state index in [9.17, 15) is 4.79 Å². The van der Waals surface area contributed by atoms with Gasteiger partial charge < -0.3 is 14.6 Å². The molecule has 4 nitrogen and oxygen atoms in total. The molecule has 0 unspecified atom stereocenters. The van der Waals surface area contributed by atoms with Gasteiger partial charge in [-0.25, -0.2) is 0 Å².